The summed E-state index contributed by atoms with van der Waals surface area (Å²) in [6.45, 7) is 6.06. The van der Waals surface area contributed by atoms with Crippen molar-refractivity contribution in [1.82, 2.24) is 10.6 Å². The zero-order valence-electron chi connectivity index (χ0n) is 10.5. The average Bonchev–Trinajstić information content (AvgIpc) is 2.59. The van der Waals surface area contributed by atoms with Gasteiger partial charge in [0, 0.05) is 25.1 Å². The third-order valence-electron chi connectivity index (χ3n) is 2.36. The molecule has 0 radical (unpaired) electrons. The fourth-order valence-corrected chi connectivity index (χ4v) is 1.46. The summed E-state index contributed by atoms with van der Waals surface area (Å²) >= 11 is 0. The van der Waals surface area contributed by atoms with Crippen molar-refractivity contribution in [2.75, 3.05) is 19.8 Å². The van der Waals surface area contributed by atoms with Gasteiger partial charge in [-0.3, -0.25) is 9.59 Å². The Morgan fingerprint density at radius 3 is 2.47 bits per heavy atom. The monoisotopic (exact) mass is 244 g/mol. The van der Waals surface area contributed by atoms with Crippen LogP contribution in [0.3, 0.4) is 0 Å². The van der Waals surface area contributed by atoms with E-state index in [2.05, 4.69) is 10.6 Å². The number of carbonyl (C=O) groups is 2. The first-order chi connectivity index (χ1) is 7.72. The lowest BCUT2D eigenvalue weighted by Gasteiger charge is -2.22. The van der Waals surface area contributed by atoms with Gasteiger partial charge in [-0.1, -0.05) is 0 Å². The van der Waals surface area contributed by atoms with Crippen LogP contribution < -0.4 is 10.6 Å². The van der Waals surface area contributed by atoms with Crippen molar-refractivity contribution in [3.63, 3.8) is 0 Å². The second-order valence-electron chi connectivity index (χ2n) is 5.41. The highest BCUT2D eigenvalue weighted by Gasteiger charge is 2.33. The number of hydrogen-bond donors (Lipinski definition) is 3. The smallest absolute Gasteiger partial charge is 0.309 e. The first-order valence-corrected chi connectivity index (χ1v) is 5.62. The predicted molar refractivity (Wildman–Crippen MR) is 61.3 cm³/mol. The third-order valence-corrected chi connectivity index (χ3v) is 2.36. The molecule has 6 heteroatoms. The summed E-state index contributed by atoms with van der Waals surface area (Å²) < 4.78 is 5.03. The zero-order chi connectivity index (χ0) is 13.1. The quantitative estimate of drug-likeness (QED) is 0.553. The van der Waals surface area contributed by atoms with Crippen molar-refractivity contribution in [3.8, 4) is 0 Å². The van der Waals surface area contributed by atoms with Gasteiger partial charge in [-0.15, -0.1) is 0 Å². The third kappa shape index (κ3) is 4.70. The van der Waals surface area contributed by atoms with Gasteiger partial charge in [0.1, 0.15) is 5.60 Å². The first-order valence-electron chi connectivity index (χ1n) is 5.62. The highest BCUT2D eigenvalue weighted by molar-refractivity contribution is 6.35. The SMILES string of the molecule is CC(C)(C)NC(=O)C(=O)NCC1(O)CCOC1. The first kappa shape index (κ1) is 13.9. The Morgan fingerprint density at radius 2 is 2.00 bits per heavy atom. The normalized spacial score (nSPS) is 24.5. The highest BCUT2D eigenvalue weighted by atomic mass is 16.5. The van der Waals surface area contributed by atoms with Crippen LogP contribution in [0.4, 0.5) is 0 Å². The van der Waals surface area contributed by atoms with Crippen LogP contribution >= 0.6 is 0 Å². The molecule has 0 saturated carbocycles. The van der Waals surface area contributed by atoms with E-state index in [-0.39, 0.29) is 13.2 Å². The Morgan fingerprint density at radius 1 is 1.35 bits per heavy atom. The van der Waals surface area contributed by atoms with Crippen molar-refractivity contribution in [1.29, 1.82) is 0 Å². The van der Waals surface area contributed by atoms with Crippen LogP contribution in [0.2, 0.25) is 0 Å². The zero-order valence-corrected chi connectivity index (χ0v) is 10.5. The molecule has 0 spiro atoms. The number of ether oxygens (including phenoxy) is 1. The van der Waals surface area contributed by atoms with Gasteiger partial charge in [0.2, 0.25) is 0 Å². The molecule has 1 unspecified atom stereocenters. The number of carbonyl (C=O) groups excluding carboxylic acids is 2. The summed E-state index contributed by atoms with van der Waals surface area (Å²) in [5, 5.41) is 14.8. The molecule has 17 heavy (non-hydrogen) atoms. The Hall–Kier alpha value is -1.14. The van der Waals surface area contributed by atoms with Gasteiger partial charge >= 0.3 is 11.8 Å². The Kier molecular flexibility index (Phi) is 4.11. The molecule has 1 saturated heterocycles. The van der Waals surface area contributed by atoms with Crippen LogP contribution in [0.5, 0.6) is 0 Å². The van der Waals surface area contributed by atoms with Crippen LogP contribution in [-0.4, -0.2) is 47.8 Å². The molecule has 0 aromatic rings. The standard InChI is InChI=1S/C11H20N2O4/c1-10(2,3)13-9(15)8(14)12-6-11(16)4-5-17-7-11/h16H,4-7H2,1-3H3,(H,12,14)(H,13,15). The number of amides is 2. The maximum atomic E-state index is 11.4. The van der Waals surface area contributed by atoms with Gasteiger partial charge in [0.05, 0.1) is 6.61 Å². The molecule has 1 aliphatic rings. The van der Waals surface area contributed by atoms with E-state index in [0.29, 0.717) is 13.0 Å². The topological polar surface area (TPSA) is 87.7 Å². The lowest BCUT2D eigenvalue weighted by atomic mass is 10.0. The summed E-state index contributed by atoms with van der Waals surface area (Å²) in [5.74, 6) is -1.43. The fourth-order valence-electron chi connectivity index (χ4n) is 1.46. The van der Waals surface area contributed by atoms with Crippen molar-refractivity contribution < 1.29 is 19.4 Å². The van der Waals surface area contributed by atoms with Crippen LogP contribution in [0.15, 0.2) is 0 Å². The van der Waals surface area contributed by atoms with Gasteiger partial charge in [-0.05, 0) is 20.8 Å². The molecule has 1 fully saturated rings. The van der Waals surface area contributed by atoms with Crippen molar-refractivity contribution in [2.45, 2.75) is 38.3 Å². The molecular formula is C11H20N2O4. The van der Waals surface area contributed by atoms with Gasteiger partial charge in [0.15, 0.2) is 0 Å². The van der Waals surface area contributed by atoms with E-state index < -0.39 is 23.0 Å². The Labute approximate surface area is 101 Å². The van der Waals surface area contributed by atoms with Crippen molar-refractivity contribution >= 4 is 11.8 Å². The maximum absolute atomic E-state index is 11.4. The molecule has 6 nitrogen and oxygen atoms in total. The van der Waals surface area contributed by atoms with Crippen LogP contribution in [0.1, 0.15) is 27.2 Å². The molecule has 2 amide bonds. The molecule has 0 bridgehead atoms. The number of aliphatic hydroxyl groups is 1. The summed E-state index contributed by atoms with van der Waals surface area (Å²) in [7, 11) is 0. The predicted octanol–water partition coefficient (Wildman–Crippen LogP) is -0.831. The molecular weight excluding hydrogens is 224 g/mol. The van der Waals surface area contributed by atoms with E-state index in [1.165, 1.54) is 0 Å². The fraction of sp³-hybridized carbons (Fsp3) is 0.818. The molecule has 1 atom stereocenters. The second-order valence-corrected chi connectivity index (χ2v) is 5.41. The summed E-state index contributed by atoms with van der Waals surface area (Å²) in [5.41, 5.74) is -1.50. The number of rotatable bonds is 2. The van der Waals surface area contributed by atoms with Gasteiger partial charge < -0.3 is 20.5 Å². The second kappa shape index (κ2) is 5.01. The number of nitrogens with one attached hydrogen (secondary N) is 2. The van der Waals surface area contributed by atoms with Gasteiger partial charge in [-0.25, -0.2) is 0 Å². The molecule has 3 N–H and O–H groups in total. The minimum Gasteiger partial charge on any atom is -0.386 e. The van der Waals surface area contributed by atoms with Crippen LogP contribution in [0.25, 0.3) is 0 Å². The molecule has 98 valence electrons. The summed E-state index contributed by atoms with van der Waals surface area (Å²) in [6.07, 6.45) is 0.466. The van der Waals surface area contributed by atoms with E-state index in [0.717, 1.165) is 0 Å². The summed E-state index contributed by atoms with van der Waals surface area (Å²) in [4.78, 5) is 22.9. The van der Waals surface area contributed by atoms with Gasteiger partial charge in [-0.2, -0.15) is 0 Å². The minimum absolute atomic E-state index is 0.0311. The van der Waals surface area contributed by atoms with E-state index in [4.69, 9.17) is 4.74 Å². The molecule has 1 heterocycles. The minimum atomic E-state index is -1.04. The molecule has 1 rings (SSSR count). The maximum Gasteiger partial charge on any atom is 0.309 e. The average molecular weight is 244 g/mol. The van der Waals surface area contributed by atoms with Crippen molar-refractivity contribution in [2.24, 2.45) is 0 Å². The number of hydrogen-bond acceptors (Lipinski definition) is 4. The largest absolute Gasteiger partial charge is 0.386 e. The Bertz CT molecular complexity index is 303. The van der Waals surface area contributed by atoms with E-state index in [1.54, 1.807) is 20.8 Å². The molecule has 0 aromatic heterocycles. The summed E-state index contributed by atoms with van der Waals surface area (Å²) in [6, 6.07) is 0. The van der Waals surface area contributed by atoms with Gasteiger partial charge in [0.25, 0.3) is 0 Å². The highest BCUT2D eigenvalue weighted by Crippen LogP contribution is 2.16. The lowest BCUT2D eigenvalue weighted by Crippen LogP contribution is -2.51. The molecule has 0 aromatic carbocycles. The van der Waals surface area contributed by atoms with Crippen molar-refractivity contribution in [3.05, 3.63) is 0 Å². The lowest BCUT2D eigenvalue weighted by molar-refractivity contribution is -0.140. The van der Waals surface area contributed by atoms with E-state index >= 15 is 0 Å². The molecule has 1 aliphatic heterocycles. The Balaban J connectivity index is 2.36. The molecule has 0 aliphatic carbocycles. The van der Waals surface area contributed by atoms with Crippen LogP contribution in [0, 0.1) is 0 Å². The van der Waals surface area contributed by atoms with E-state index in [1.807, 2.05) is 0 Å². The van der Waals surface area contributed by atoms with Crippen LogP contribution in [-0.2, 0) is 14.3 Å². The van der Waals surface area contributed by atoms with E-state index in [9.17, 15) is 14.7 Å².